The third-order valence-corrected chi connectivity index (χ3v) is 10.9. The molecule has 1 fully saturated rings. The second-order valence-corrected chi connectivity index (χ2v) is 14.4. The molecule has 6 heterocycles. The minimum atomic E-state index is -3.09. The van der Waals surface area contributed by atoms with Crippen LogP contribution in [0.4, 0.5) is 14.6 Å². The number of halogens is 3. The summed E-state index contributed by atoms with van der Waals surface area (Å²) in [7, 11) is 3.40. The minimum Gasteiger partial charge on any atom is -0.478 e. The fraction of sp³-hybridized carbons (Fsp3) is 0.289. The van der Waals surface area contributed by atoms with Crippen molar-refractivity contribution in [2.75, 3.05) is 31.6 Å². The van der Waals surface area contributed by atoms with E-state index in [2.05, 4.69) is 38.0 Å². The lowest BCUT2D eigenvalue weighted by molar-refractivity contribution is -0.0465. The topological polar surface area (TPSA) is 146 Å². The Morgan fingerprint density at radius 3 is 2.67 bits per heavy atom. The van der Waals surface area contributed by atoms with Gasteiger partial charge in [-0.3, -0.25) is 23.9 Å². The molecule has 1 aliphatic heterocycles. The van der Waals surface area contributed by atoms with Gasteiger partial charge in [-0.15, -0.1) is 11.3 Å². The summed E-state index contributed by atoms with van der Waals surface area (Å²) >= 11 is 7.66. The number of rotatable bonds is 8. The zero-order valence-electron chi connectivity index (χ0n) is 29.3. The smallest absolute Gasteiger partial charge is 0.338 e. The summed E-state index contributed by atoms with van der Waals surface area (Å²) in [5, 5.41) is 26.0. The van der Waals surface area contributed by atoms with Crippen LogP contribution < -0.4 is 10.5 Å². The second-order valence-electron chi connectivity index (χ2n) is 13.1. The van der Waals surface area contributed by atoms with Crippen molar-refractivity contribution in [2.45, 2.75) is 38.3 Å². The van der Waals surface area contributed by atoms with Crippen LogP contribution in [0.5, 0.6) is 0 Å². The lowest BCUT2D eigenvalue weighted by Gasteiger charge is -2.38. The standard InChI is InChI=1S/C38H32ClF2N9O3S/c1-22-45-30-19-44-35(48(3)25-9-15-49(16-10-25)21-38(40,41)31-11-14-47(2)46-31)28(18-42)32(30)36(51)50(22)13-4-5-23-6-7-24(39)17-27(23)26-8-12-43-33-29(37(52)53)20-54-34(26)33/h6-8,11-12,14,17,19-20,25H,9-10,13,15-16,21H2,1-3H3,(H,52,53). The summed E-state index contributed by atoms with van der Waals surface area (Å²) in [6.45, 7) is 2.02. The van der Waals surface area contributed by atoms with E-state index in [0.717, 1.165) is 5.56 Å². The Labute approximate surface area is 316 Å². The lowest BCUT2D eigenvalue weighted by atomic mass is 10.00. The number of aromatic nitrogens is 6. The third kappa shape index (κ3) is 6.89. The second kappa shape index (κ2) is 14.6. The summed E-state index contributed by atoms with van der Waals surface area (Å²) < 4.78 is 33.3. The molecule has 0 atom stereocenters. The number of piperidine rings is 1. The SMILES string of the molecule is Cc1nc2cnc(N(C)C3CCN(CC(F)(F)c4ccn(C)n4)CC3)c(C#N)c2c(=O)n1CC#Cc1ccc(Cl)cc1-c1ccnc2c(C(=O)O)csc12. The Morgan fingerprint density at radius 1 is 1.19 bits per heavy atom. The zero-order valence-corrected chi connectivity index (χ0v) is 30.9. The Morgan fingerprint density at radius 2 is 1.96 bits per heavy atom. The molecule has 0 amide bonds. The number of hydrogen-bond donors (Lipinski definition) is 1. The van der Waals surface area contributed by atoms with Gasteiger partial charge in [-0.1, -0.05) is 23.4 Å². The van der Waals surface area contributed by atoms with E-state index in [1.54, 1.807) is 61.8 Å². The third-order valence-electron chi connectivity index (χ3n) is 9.65. The van der Waals surface area contributed by atoms with Gasteiger partial charge in [-0.05, 0) is 50.1 Å². The first kappa shape index (κ1) is 36.6. The molecule has 54 heavy (non-hydrogen) atoms. The molecule has 0 bridgehead atoms. The number of nitriles is 1. The quantitative estimate of drug-likeness (QED) is 0.181. The number of carbonyl (C=O) groups is 1. The Hall–Kier alpha value is -5.74. The van der Waals surface area contributed by atoms with Crippen molar-refractivity contribution in [1.29, 1.82) is 5.26 Å². The van der Waals surface area contributed by atoms with Crippen molar-refractivity contribution < 1.29 is 18.7 Å². The molecule has 0 radical (unpaired) electrons. The molecule has 1 aliphatic rings. The number of anilines is 1. The normalized spacial score (nSPS) is 13.9. The van der Waals surface area contributed by atoms with E-state index in [-0.39, 0.29) is 40.3 Å². The van der Waals surface area contributed by atoms with E-state index < -0.39 is 24.0 Å². The summed E-state index contributed by atoms with van der Waals surface area (Å²) in [6.07, 6.45) is 5.62. The van der Waals surface area contributed by atoms with Crippen LogP contribution in [-0.4, -0.2) is 78.0 Å². The fourth-order valence-corrected chi connectivity index (χ4v) is 8.04. The number of likely N-dealkylation sites (tertiary alicyclic amines) is 1. The zero-order chi connectivity index (χ0) is 38.3. The summed E-state index contributed by atoms with van der Waals surface area (Å²) in [5.41, 5.74) is 2.14. The number of nitrogens with zero attached hydrogens (tertiary/aromatic N) is 9. The summed E-state index contributed by atoms with van der Waals surface area (Å²) in [6, 6.07) is 10.4. The van der Waals surface area contributed by atoms with Gasteiger partial charge in [0.25, 0.3) is 5.56 Å². The number of carboxylic acids is 1. The van der Waals surface area contributed by atoms with Crippen LogP contribution in [0.2, 0.25) is 5.02 Å². The summed E-state index contributed by atoms with van der Waals surface area (Å²) in [5.74, 6) is 2.76. The lowest BCUT2D eigenvalue weighted by Crippen LogP contribution is -2.47. The predicted molar refractivity (Wildman–Crippen MR) is 202 cm³/mol. The highest BCUT2D eigenvalue weighted by Gasteiger charge is 2.38. The van der Waals surface area contributed by atoms with Gasteiger partial charge in [0.1, 0.15) is 29.0 Å². The van der Waals surface area contributed by atoms with E-state index >= 15 is 0 Å². The number of aromatic carboxylic acids is 1. The number of benzene rings is 1. The first-order valence-electron chi connectivity index (χ1n) is 16.9. The van der Waals surface area contributed by atoms with Gasteiger partial charge in [0.2, 0.25) is 0 Å². The first-order valence-corrected chi connectivity index (χ1v) is 18.1. The monoisotopic (exact) mass is 767 g/mol. The Bertz CT molecular complexity index is 2610. The number of alkyl halides is 2. The molecule has 16 heteroatoms. The van der Waals surface area contributed by atoms with Crippen LogP contribution in [-0.2, 0) is 19.5 Å². The van der Waals surface area contributed by atoms with Crippen molar-refractivity contribution >= 4 is 55.8 Å². The van der Waals surface area contributed by atoms with Gasteiger partial charge in [-0.25, -0.2) is 14.8 Å². The highest BCUT2D eigenvalue weighted by molar-refractivity contribution is 7.18. The number of fused-ring (bicyclic) bond motifs is 2. The molecule has 1 aromatic carbocycles. The van der Waals surface area contributed by atoms with E-state index in [4.69, 9.17) is 11.6 Å². The van der Waals surface area contributed by atoms with Crippen LogP contribution >= 0.6 is 22.9 Å². The molecule has 274 valence electrons. The highest BCUT2D eigenvalue weighted by atomic mass is 35.5. The molecule has 5 aromatic heterocycles. The summed E-state index contributed by atoms with van der Waals surface area (Å²) in [4.78, 5) is 42.8. The molecule has 0 spiro atoms. The molecule has 0 unspecified atom stereocenters. The molecular formula is C38H32ClF2N9O3S. The maximum Gasteiger partial charge on any atom is 0.338 e. The number of carboxylic acid groups (broad SMARTS) is 1. The van der Waals surface area contributed by atoms with Crippen LogP contribution in [0.1, 0.15) is 45.8 Å². The maximum absolute atomic E-state index is 14.9. The van der Waals surface area contributed by atoms with Crippen molar-refractivity contribution in [1.82, 2.24) is 34.2 Å². The Balaban J connectivity index is 1.14. The van der Waals surface area contributed by atoms with Crippen molar-refractivity contribution in [3.8, 4) is 29.0 Å². The molecule has 1 N–H and O–H groups in total. The van der Waals surface area contributed by atoms with Gasteiger partial charge in [0.15, 0.2) is 0 Å². The van der Waals surface area contributed by atoms with E-state index in [1.165, 1.54) is 39.0 Å². The van der Waals surface area contributed by atoms with Gasteiger partial charge in [-0.2, -0.15) is 19.1 Å². The molecular weight excluding hydrogens is 736 g/mol. The minimum absolute atomic E-state index is 0.0381. The van der Waals surface area contributed by atoms with Gasteiger partial charge in [0, 0.05) is 72.7 Å². The van der Waals surface area contributed by atoms with Crippen molar-refractivity contribution in [3.05, 3.63) is 97.9 Å². The molecule has 7 rings (SSSR count). The number of hydrogen-bond acceptors (Lipinski definition) is 10. The number of thiophene rings is 1. The largest absolute Gasteiger partial charge is 0.478 e. The van der Waals surface area contributed by atoms with Crippen LogP contribution in [0.25, 0.3) is 32.2 Å². The molecule has 1 saturated heterocycles. The van der Waals surface area contributed by atoms with E-state index in [9.17, 15) is 28.7 Å². The molecule has 6 aromatic rings. The number of aryl methyl sites for hydroxylation is 2. The molecule has 0 saturated carbocycles. The molecule has 0 aliphatic carbocycles. The highest BCUT2D eigenvalue weighted by Crippen LogP contribution is 2.37. The molecule has 12 nitrogen and oxygen atoms in total. The van der Waals surface area contributed by atoms with Crippen LogP contribution in [0.3, 0.4) is 0 Å². The van der Waals surface area contributed by atoms with Gasteiger partial charge >= 0.3 is 11.9 Å². The number of pyridine rings is 2. The van der Waals surface area contributed by atoms with E-state index in [0.29, 0.717) is 63.9 Å². The van der Waals surface area contributed by atoms with E-state index in [1.807, 2.05) is 4.90 Å². The van der Waals surface area contributed by atoms with Gasteiger partial charge in [0.05, 0.1) is 46.0 Å². The van der Waals surface area contributed by atoms with Crippen molar-refractivity contribution in [3.63, 3.8) is 0 Å². The predicted octanol–water partition coefficient (Wildman–Crippen LogP) is 6.08. The fourth-order valence-electron chi connectivity index (χ4n) is 6.84. The first-order chi connectivity index (χ1) is 25.9. The Kier molecular flexibility index (Phi) is 9.89. The maximum atomic E-state index is 14.9. The van der Waals surface area contributed by atoms with Gasteiger partial charge < -0.3 is 10.0 Å². The average Bonchev–Trinajstić information content (AvgIpc) is 3.80. The van der Waals surface area contributed by atoms with Crippen LogP contribution in [0.15, 0.2) is 59.1 Å². The van der Waals surface area contributed by atoms with Crippen molar-refractivity contribution in [2.24, 2.45) is 7.05 Å². The van der Waals surface area contributed by atoms with Crippen LogP contribution in [0, 0.1) is 30.1 Å². The average molecular weight is 768 g/mol.